The lowest BCUT2D eigenvalue weighted by Crippen LogP contribution is -2.14. The van der Waals surface area contributed by atoms with Gasteiger partial charge in [-0.05, 0) is 18.2 Å². The molecular formula is C15H9N3O5. The van der Waals surface area contributed by atoms with Crippen molar-refractivity contribution < 1.29 is 19.6 Å². The summed E-state index contributed by atoms with van der Waals surface area (Å²) >= 11 is 0. The number of rotatable bonds is 3. The molecule has 1 heterocycles. The zero-order chi connectivity index (χ0) is 16.6. The van der Waals surface area contributed by atoms with Crippen LogP contribution in [0.25, 0.3) is 0 Å². The first-order valence-corrected chi connectivity index (χ1v) is 6.48. The Hall–Kier alpha value is -3.55. The Bertz CT molecular complexity index is 888. The van der Waals surface area contributed by atoms with Crippen molar-refractivity contribution in [1.29, 1.82) is 0 Å². The quantitative estimate of drug-likeness (QED) is 0.665. The van der Waals surface area contributed by atoms with Gasteiger partial charge in [-0.2, -0.15) is 0 Å². The van der Waals surface area contributed by atoms with Crippen LogP contribution in [0, 0.1) is 10.1 Å². The lowest BCUT2D eigenvalue weighted by atomic mass is 10.1. The van der Waals surface area contributed by atoms with E-state index in [1.807, 2.05) is 0 Å². The minimum Gasteiger partial charge on any atom is -0.478 e. The fourth-order valence-corrected chi connectivity index (χ4v) is 2.24. The first kappa shape index (κ1) is 14.4. The Kier molecular flexibility index (Phi) is 3.34. The number of aliphatic imine (C=N–C) groups is 1. The van der Waals surface area contributed by atoms with E-state index in [0.29, 0.717) is 5.69 Å². The smallest absolute Gasteiger partial charge is 0.337 e. The molecule has 0 unspecified atom stereocenters. The Morgan fingerprint density at radius 3 is 2.65 bits per heavy atom. The van der Waals surface area contributed by atoms with Gasteiger partial charge in [0.2, 0.25) is 0 Å². The second-order valence-electron chi connectivity index (χ2n) is 4.72. The van der Waals surface area contributed by atoms with Crippen LogP contribution in [0.3, 0.4) is 0 Å². The van der Waals surface area contributed by atoms with Crippen LogP contribution < -0.4 is 5.32 Å². The van der Waals surface area contributed by atoms with E-state index in [-0.39, 0.29) is 28.2 Å². The van der Waals surface area contributed by atoms with Crippen molar-refractivity contribution in [2.24, 2.45) is 4.99 Å². The maximum absolute atomic E-state index is 12.0. The molecule has 0 saturated carbocycles. The number of nitro benzene ring substituents is 1. The van der Waals surface area contributed by atoms with Crippen molar-refractivity contribution in [2.75, 3.05) is 5.32 Å². The molecule has 0 aliphatic carbocycles. The highest BCUT2D eigenvalue weighted by Gasteiger charge is 2.28. The van der Waals surface area contributed by atoms with Crippen LogP contribution in [0.15, 0.2) is 47.5 Å². The summed E-state index contributed by atoms with van der Waals surface area (Å²) in [5.74, 6) is -1.72. The molecule has 2 aromatic rings. The third-order valence-electron chi connectivity index (χ3n) is 3.30. The van der Waals surface area contributed by atoms with Crippen LogP contribution in [0.5, 0.6) is 0 Å². The van der Waals surface area contributed by atoms with Gasteiger partial charge in [-0.1, -0.05) is 12.1 Å². The number of aromatic carboxylic acids is 1. The van der Waals surface area contributed by atoms with E-state index in [1.165, 1.54) is 30.3 Å². The van der Waals surface area contributed by atoms with E-state index in [0.717, 1.165) is 0 Å². The Balaban J connectivity index is 2.16. The fourth-order valence-electron chi connectivity index (χ4n) is 2.24. The molecule has 8 nitrogen and oxygen atoms in total. The van der Waals surface area contributed by atoms with E-state index < -0.39 is 16.8 Å². The summed E-state index contributed by atoms with van der Waals surface area (Å²) in [4.78, 5) is 37.6. The van der Waals surface area contributed by atoms with E-state index in [2.05, 4.69) is 10.3 Å². The molecule has 1 aliphatic heterocycles. The number of fused-ring (bicyclic) bond motifs is 1. The molecule has 0 radical (unpaired) electrons. The highest BCUT2D eigenvalue weighted by atomic mass is 16.6. The van der Waals surface area contributed by atoms with E-state index in [9.17, 15) is 19.7 Å². The topological polar surface area (TPSA) is 122 Å². The molecule has 3 rings (SSSR count). The molecule has 0 fully saturated rings. The molecule has 0 aromatic heterocycles. The van der Waals surface area contributed by atoms with Gasteiger partial charge in [0.05, 0.1) is 21.9 Å². The number of amides is 1. The van der Waals surface area contributed by atoms with Gasteiger partial charge in [-0.25, -0.2) is 9.79 Å². The molecule has 0 bridgehead atoms. The second kappa shape index (κ2) is 5.34. The average molecular weight is 311 g/mol. The second-order valence-corrected chi connectivity index (χ2v) is 4.72. The fraction of sp³-hybridized carbons (Fsp3) is 0. The third kappa shape index (κ3) is 2.53. The third-order valence-corrected chi connectivity index (χ3v) is 3.30. The highest BCUT2D eigenvalue weighted by Crippen LogP contribution is 2.30. The molecule has 23 heavy (non-hydrogen) atoms. The first-order chi connectivity index (χ1) is 11.0. The summed E-state index contributed by atoms with van der Waals surface area (Å²) in [5, 5.41) is 22.6. The number of nitrogens with zero attached hydrogens (tertiary/aromatic N) is 2. The molecule has 1 amide bonds. The van der Waals surface area contributed by atoms with Crippen molar-refractivity contribution in [1.82, 2.24) is 0 Å². The van der Waals surface area contributed by atoms with Gasteiger partial charge in [0, 0.05) is 17.7 Å². The highest BCUT2D eigenvalue weighted by molar-refractivity contribution is 6.54. The van der Waals surface area contributed by atoms with Crippen LogP contribution >= 0.6 is 0 Å². The maximum atomic E-state index is 12.0. The standard InChI is InChI=1S/C15H9N3O5/c19-14-13(16-11-4-2-1-3-9(11)15(20)21)10-7-8(18(22)23)5-6-12(10)17-14/h1-7H,(H,20,21)(H,16,17,19). The zero-order valence-corrected chi connectivity index (χ0v) is 11.5. The molecule has 114 valence electrons. The predicted molar refractivity (Wildman–Crippen MR) is 81.3 cm³/mol. The Morgan fingerprint density at radius 2 is 1.96 bits per heavy atom. The number of anilines is 1. The molecule has 0 atom stereocenters. The number of carboxylic acid groups (broad SMARTS) is 1. The number of nitro groups is 1. The van der Waals surface area contributed by atoms with Crippen molar-refractivity contribution in [2.45, 2.75) is 0 Å². The summed E-state index contributed by atoms with van der Waals surface area (Å²) in [6.45, 7) is 0. The van der Waals surface area contributed by atoms with Gasteiger partial charge in [-0.15, -0.1) is 0 Å². The number of nitrogens with one attached hydrogen (secondary N) is 1. The van der Waals surface area contributed by atoms with Crippen LogP contribution in [-0.4, -0.2) is 27.6 Å². The molecule has 2 aromatic carbocycles. The average Bonchev–Trinajstić information content (AvgIpc) is 2.83. The number of carbonyl (C=O) groups is 2. The van der Waals surface area contributed by atoms with Gasteiger partial charge in [0.15, 0.2) is 0 Å². The summed E-state index contributed by atoms with van der Waals surface area (Å²) in [5.41, 5.74) is 0.463. The largest absolute Gasteiger partial charge is 0.478 e. The van der Waals surface area contributed by atoms with Crippen LogP contribution in [0.1, 0.15) is 15.9 Å². The minimum atomic E-state index is -1.18. The molecule has 1 aliphatic rings. The number of hydrogen-bond acceptors (Lipinski definition) is 5. The number of para-hydroxylation sites is 1. The van der Waals surface area contributed by atoms with E-state index >= 15 is 0 Å². The first-order valence-electron chi connectivity index (χ1n) is 6.48. The normalized spacial score (nSPS) is 14.4. The van der Waals surface area contributed by atoms with Gasteiger partial charge < -0.3 is 10.4 Å². The number of hydrogen-bond donors (Lipinski definition) is 2. The summed E-state index contributed by atoms with van der Waals surface area (Å²) in [7, 11) is 0. The lowest BCUT2D eigenvalue weighted by molar-refractivity contribution is -0.384. The van der Waals surface area contributed by atoms with Crippen molar-refractivity contribution in [3.05, 3.63) is 63.7 Å². The predicted octanol–water partition coefficient (Wildman–Crippen LogP) is 2.37. The number of carboxylic acids is 1. The van der Waals surface area contributed by atoms with Gasteiger partial charge >= 0.3 is 5.97 Å². The molecule has 0 spiro atoms. The maximum Gasteiger partial charge on any atom is 0.337 e. The van der Waals surface area contributed by atoms with Gasteiger partial charge in [0.25, 0.3) is 11.6 Å². The van der Waals surface area contributed by atoms with E-state index in [1.54, 1.807) is 12.1 Å². The summed E-state index contributed by atoms with van der Waals surface area (Å²) < 4.78 is 0. The molecule has 0 saturated heterocycles. The zero-order valence-electron chi connectivity index (χ0n) is 11.5. The van der Waals surface area contributed by atoms with Crippen molar-refractivity contribution >= 4 is 34.7 Å². The van der Waals surface area contributed by atoms with E-state index in [4.69, 9.17) is 5.11 Å². The van der Waals surface area contributed by atoms with Crippen molar-refractivity contribution in [3.63, 3.8) is 0 Å². The Labute approximate surface area is 129 Å². The summed E-state index contributed by atoms with van der Waals surface area (Å²) in [6.07, 6.45) is 0. The van der Waals surface area contributed by atoms with Crippen LogP contribution in [0.2, 0.25) is 0 Å². The number of carbonyl (C=O) groups excluding carboxylic acids is 1. The number of benzene rings is 2. The molecular weight excluding hydrogens is 302 g/mol. The van der Waals surface area contributed by atoms with Gasteiger partial charge in [-0.3, -0.25) is 14.9 Å². The van der Waals surface area contributed by atoms with Crippen LogP contribution in [-0.2, 0) is 4.79 Å². The minimum absolute atomic E-state index is 0.0580. The number of non-ortho nitro benzene ring substituents is 1. The monoisotopic (exact) mass is 311 g/mol. The molecule has 2 N–H and O–H groups in total. The van der Waals surface area contributed by atoms with Crippen LogP contribution in [0.4, 0.5) is 17.1 Å². The lowest BCUT2D eigenvalue weighted by Gasteiger charge is -2.02. The Morgan fingerprint density at radius 1 is 1.22 bits per heavy atom. The molecule has 8 heteroatoms. The summed E-state index contributed by atoms with van der Waals surface area (Å²) in [6, 6.07) is 9.87. The van der Waals surface area contributed by atoms with Crippen molar-refractivity contribution in [3.8, 4) is 0 Å². The van der Waals surface area contributed by atoms with Gasteiger partial charge in [0.1, 0.15) is 5.71 Å². The SMILES string of the molecule is O=C1Nc2ccc([N+](=O)[O-])cc2C1=Nc1ccccc1C(=O)O.